The van der Waals surface area contributed by atoms with Crippen molar-refractivity contribution >= 4 is 40.2 Å². The van der Waals surface area contributed by atoms with Crippen molar-refractivity contribution in [1.29, 1.82) is 0 Å². The summed E-state index contributed by atoms with van der Waals surface area (Å²) in [4.78, 5) is 24.4. The second kappa shape index (κ2) is 7.59. The third kappa shape index (κ3) is 4.54. The number of anilines is 1. The molecule has 0 aliphatic heterocycles. The van der Waals surface area contributed by atoms with E-state index in [0.29, 0.717) is 5.56 Å². The van der Waals surface area contributed by atoms with Crippen LogP contribution in [0.15, 0.2) is 42.5 Å². The maximum Gasteiger partial charge on any atom is 0.338 e. The van der Waals surface area contributed by atoms with E-state index < -0.39 is 12.1 Å². The summed E-state index contributed by atoms with van der Waals surface area (Å²) >= 11 is 2.12. The largest absolute Gasteiger partial charge is 0.449 e. The van der Waals surface area contributed by atoms with Crippen LogP contribution in [0, 0.1) is 17.4 Å². The van der Waals surface area contributed by atoms with Crippen molar-refractivity contribution in [3.05, 3.63) is 62.7 Å². The Kier molecular flexibility index (Phi) is 5.76. The van der Waals surface area contributed by atoms with Crippen molar-refractivity contribution in [1.82, 2.24) is 0 Å². The first-order valence-electron chi connectivity index (χ1n) is 7.22. The van der Waals surface area contributed by atoms with Gasteiger partial charge in [0.25, 0.3) is 5.91 Å². The topological polar surface area (TPSA) is 55.4 Å². The van der Waals surface area contributed by atoms with Crippen molar-refractivity contribution in [2.24, 2.45) is 0 Å². The first-order valence-corrected chi connectivity index (χ1v) is 8.30. The van der Waals surface area contributed by atoms with Gasteiger partial charge in [-0.3, -0.25) is 4.79 Å². The normalized spacial score (nSPS) is 11.7. The Hall–Kier alpha value is -1.89. The number of halogens is 1. The molecule has 0 aromatic heterocycles. The van der Waals surface area contributed by atoms with E-state index in [0.717, 1.165) is 20.4 Å². The molecule has 0 spiro atoms. The minimum absolute atomic E-state index is 0.346. The molecular weight excluding hydrogens is 405 g/mol. The second-order valence-electron chi connectivity index (χ2n) is 5.31. The van der Waals surface area contributed by atoms with Gasteiger partial charge in [0.15, 0.2) is 6.10 Å². The van der Waals surface area contributed by atoms with Crippen LogP contribution in [0.1, 0.15) is 28.4 Å². The number of para-hydroxylation sites is 1. The zero-order chi connectivity index (χ0) is 17.0. The van der Waals surface area contributed by atoms with Gasteiger partial charge >= 0.3 is 5.97 Å². The molecule has 0 radical (unpaired) electrons. The molecule has 5 heteroatoms. The van der Waals surface area contributed by atoms with E-state index in [9.17, 15) is 9.59 Å². The fourth-order valence-corrected chi connectivity index (χ4v) is 2.68. The van der Waals surface area contributed by atoms with Crippen molar-refractivity contribution in [2.75, 3.05) is 5.32 Å². The van der Waals surface area contributed by atoms with Gasteiger partial charge in [0.2, 0.25) is 0 Å². The summed E-state index contributed by atoms with van der Waals surface area (Å²) in [7, 11) is 0. The second-order valence-corrected chi connectivity index (χ2v) is 6.56. The van der Waals surface area contributed by atoms with Gasteiger partial charge in [-0.25, -0.2) is 4.79 Å². The van der Waals surface area contributed by atoms with Gasteiger partial charge in [-0.1, -0.05) is 24.3 Å². The van der Waals surface area contributed by atoms with Gasteiger partial charge < -0.3 is 10.1 Å². The molecule has 23 heavy (non-hydrogen) atoms. The van der Waals surface area contributed by atoms with Crippen LogP contribution < -0.4 is 5.32 Å². The first kappa shape index (κ1) is 17.5. The molecule has 2 aromatic rings. The summed E-state index contributed by atoms with van der Waals surface area (Å²) in [6.07, 6.45) is -0.876. The van der Waals surface area contributed by atoms with Gasteiger partial charge in [0.1, 0.15) is 0 Å². The molecule has 120 valence electrons. The summed E-state index contributed by atoms with van der Waals surface area (Å²) in [5.41, 5.74) is 3.13. The number of benzene rings is 2. The number of carbonyl (C=O) groups is 2. The molecule has 0 fully saturated rings. The lowest BCUT2D eigenvalue weighted by Gasteiger charge is -2.16. The minimum atomic E-state index is -0.876. The highest BCUT2D eigenvalue weighted by Crippen LogP contribution is 2.20. The standard InChI is InChI=1S/C18H18INO3/c1-11-6-4-7-12(2)16(11)20-17(21)13(3)23-18(22)14-8-5-9-15(19)10-14/h4-10,13H,1-3H3,(H,20,21). The molecule has 1 atom stereocenters. The van der Waals surface area contributed by atoms with Gasteiger partial charge in [0.05, 0.1) is 5.56 Å². The van der Waals surface area contributed by atoms with Crippen molar-refractivity contribution in [3.8, 4) is 0 Å². The molecule has 2 aromatic carbocycles. The van der Waals surface area contributed by atoms with Gasteiger partial charge in [-0.2, -0.15) is 0 Å². The lowest BCUT2D eigenvalue weighted by Crippen LogP contribution is -2.30. The van der Waals surface area contributed by atoms with Crippen LogP contribution in [0.5, 0.6) is 0 Å². The Morgan fingerprint density at radius 1 is 1.09 bits per heavy atom. The summed E-state index contributed by atoms with van der Waals surface area (Å²) in [6, 6.07) is 12.8. The fraction of sp³-hybridized carbons (Fsp3) is 0.222. The van der Waals surface area contributed by atoms with E-state index in [1.165, 1.54) is 0 Å². The zero-order valence-electron chi connectivity index (χ0n) is 13.2. The van der Waals surface area contributed by atoms with E-state index in [4.69, 9.17) is 4.74 Å². The first-order chi connectivity index (χ1) is 10.9. The molecule has 1 amide bonds. The fourth-order valence-electron chi connectivity index (χ4n) is 2.13. The van der Waals surface area contributed by atoms with E-state index in [1.54, 1.807) is 25.1 Å². The quantitative estimate of drug-likeness (QED) is 0.596. The van der Waals surface area contributed by atoms with Crippen LogP contribution in [-0.2, 0) is 9.53 Å². The third-order valence-electron chi connectivity index (χ3n) is 3.44. The molecule has 1 N–H and O–H groups in total. The average Bonchev–Trinajstić information content (AvgIpc) is 2.50. The molecule has 2 rings (SSSR count). The summed E-state index contributed by atoms with van der Waals surface area (Å²) in [5.74, 6) is -0.853. The molecule has 0 heterocycles. The maximum atomic E-state index is 12.3. The number of nitrogens with one attached hydrogen (secondary N) is 1. The molecule has 0 saturated heterocycles. The van der Waals surface area contributed by atoms with E-state index in [1.807, 2.05) is 38.1 Å². The lowest BCUT2D eigenvalue weighted by atomic mass is 10.1. The van der Waals surface area contributed by atoms with Gasteiger partial charge in [-0.05, 0) is 72.7 Å². The summed E-state index contributed by atoms with van der Waals surface area (Å²) in [5, 5.41) is 2.83. The number of amides is 1. The Morgan fingerprint density at radius 2 is 1.70 bits per heavy atom. The molecule has 0 aliphatic carbocycles. The number of rotatable bonds is 4. The molecule has 0 bridgehead atoms. The van der Waals surface area contributed by atoms with Crippen LogP contribution in [-0.4, -0.2) is 18.0 Å². The number of hydrogen-bond acceptors (Lipinski definition) is 3. The van der Waals surface area contributed by atoms with Crippen molar-refractivity contribution in [2.45, 2.75) is 26.9 Å². The molecule has 0 saturated carbocycles. The lowest BCUT2D eigenvalue weighted by molar-refractivity contribution is -0.123. The van der Waals surface area contributed by atoms with Crippen LogP contribution in [0.2, 0.25) is 0 Å². The predicted octanol–water partition coefficient (Wildman–Crippen LogP) is 4.09. The number of ether oxygens (including phenoxy) is 1. The highest BCUT2D eigenvalue weighted by molar-refractivity contribution is 14.1. The van der Waals surface area contributed by atoms with E-state index >= 15 is 0 Å². The van der Waals surface area contributed by atoms with Crippen LogP contribution in [0.3, 0.4) is 0 Å². The SMILES string of the molecule is Cc1cccc(C)c1NC(=O)C(C)OC(=O)c1cccc(I)c1. The van der Waals surface area contributed by atoms with Gasteiger partial charge in [0, 0.05) is 9.26 Å². The zero-order valence-corrected chi connectivity index (χ0v) is 15.4. The monoisotopic (exact) mass is 423 g/mol. The summed E-state index contributed by atoms with van der Waals surface area (Å²) in [6.45, 7) is 5.41. The number of esters is 1. The van der Waals surface area contributed by atoms with E-state index in [-0.39, 0.29) is 5.91 Å². The number of carbonyl (C=O) groups excluding carboxylic acids is 2. The molecule has 4 nitrogen and oxygen atoms in total. The molecule has 1 unspecified atom stereocenters. The third-order valence-corrected chi connectivity index (χ3v) is 4.11. The van der Waals surface area contributed by atoms with Crippen molar-refractivity contribution < 1.29 is 14.3 Å². The Labute approximate surface area is 149 Å². The van der Waals surface area contributed by atoms with Crippen molar-refractivity contribution in [3.63, 3.8) is 0 Å². The van der Waals surface area contributed by atoms with Crippen LogP contribution in [0.4, 0.5) is 5.69 Å². The molecular formula is C18H18INO3. The smallest absolute Gasteiger partial charge is 0.338 e. The molecule has 0 aliphatic rings. The Balaban J connectivity index is 2.04. The Bertz CT molecular complexity index is 723. The maximum absolute atomic E-state index is 12.3. The highest BCUT2D eigenvalue weighted by atomic mass is 127. The number of aryl methyl sites for hydroxylation is 2. The Morgan fingerprint density at radius 3 is 2.30 bits per heavy atom. The predicted molar refractivity (Wildman–Crippen MR) is 98.6 cm³/mol. The summed E-state index contributed by atoms with van der Waals surface area (Å²) < 4.78 is 6.19. The highest BCUT2D eigenvalue weighted by Gasteiger charge is 2.20. The van der Waals surface area contributed by atoms with E-state index in [2.05, 4.69) is 27.9 Å². The minimum Gasteiger partial charge on any atom is -0.449 e. The number of hydrogen-bond donors (Lipinski definition) is 1. The van der Waals surface area contributed by atoms with Crippen LogP contribution in [0.25, 0.3) is 0 Å². The average molecular weight is 423 g/mol. The van der Waals surface area contributed by atoms with Gasteiger partial charge in [-0.15, -0.1) is 0 Å². The van der Waals surface area contributed by atoms with Crippen LogP contribution >= 0.6 is 22.6 Å².